The molecule has 2 aromatic carbocycles. The molecule has 0 heterocycles. The number of rotatable bonds is 12. The number of nitro benzene ring substituents is 1. The predicted octanol–water partition coefficient (Wildman–Crippen LogP) is 2.74. The van der Waals surface area contributed by atoms with Crippen LogP contribution in [0.5, 0.6) is 0 Å². The van der Waals surface area contributed by atoms with Gasteiger partial charge in [-0.25, -0.2) is 8.42 Å². The van der Waals surface area contributed by atoms with Crippen molar-refractivity contribution in [2.75, 3.05) is 23.7 Å². The van der Waals surface area contributed by atoms with Crippen molar-refractivity contribution < 1.29 is 22.9 Å². The zero-order valence-corrected chi connectivity index (χ0v) is 21.2. The molecule has 0 radical (unpaired) electrons. The molecule has 10 nitrogen and oxygen atoms in total. The molecule has 0 unspecified atom stereocenters. The summed E-state index contributed by atoms with van der Waals surface area (Å²) in [5, 5.41) is 14.0. The molecule has 0 bridgehead atoms. The zero-order valence-electron chi connectivity index (χ0n) is 20.4. The summed E-state index contributed by atoms with van der Waals surface area (Å²) in [5.41, 5.74) is 0.660. The van der Waals surface area contributed by atoms with Gasteiger partial charge in [-0.3, -0.25) is 24.0 Å². The molecule has 0 aliphatic rings. The van der Waals surface area contributed by atoms with Crippen molar-refractivity contribution in [2.24, 2.45) is 0 Å². The minimum absolute atomic E-state index is 0.00209. The molecule has 2 amide bonds. The summed E-state index contributed by atoms with van der Waals surface area (Å²) >= 11 is 0. The van der Waals surface area contributed by atoms with Crippen molar-refractivity contribution >= 4 is 33.2 Å². The first kappa shape index (κ1) is 27.8. The van der Waals surface area contributed by atoms with Crippen LogP contribution in [0.2, 0.25) is 0 Å². The number of nitrogens with one attached hydrogen (secondary N) is 1. The van der Waals surface area contributed by atoms with Gasteiger partial charge in [0.15, 0.2) is 0 Å². The molecule has 11 heteroatoms. The Bertz CT molecular complexity index is 1140. The summed E-state index contributed by atoms with van der Waals surface area (Å²) in [4.78, 5) is 38.3. The fourth-order valence-corrected chi connectivity index (χ4v) is 4.49. The maximum absolute atomic E-state index is 13.5. The van der Waals surface area contributed by atoms with Gasteiger partial charge >= 0.3 is 0 Å². The molecule has 0 saturated heterocycles. The third-order valence-corrected chi connectivity index (χ3v) is 6.45. The Balaban J connectivity index is 2.40. The number of hydrogen-bond donors (Lipinski definition) is 1. The van der Waals surface area contributed by atoms with Crippen LogP contribution in [0.15, 0.2) is 54.6 Å². The summed E-state index contributed by atoms with van der Waals surface area (Å²) in [5.74, 6) is -0.909. The predicted molar refractivity (Wildman–Crippen MR) is 135 cm³/mol. The average molecular weight is 505 g/mol. The van der Waals surface area contributed by atoms with Gasteiger partial charge in [0.25, 0.3) is 5.69 Å². The highest BCUT2D eigenvalue weighted by atomic mass is 32.2. The van der Waals surface area contributed by atoms with E-state index in [2.05, 4.69) is 5.32 Å². The Morgan fingerprint density at radius 3 is 2.29 bits per heavy atom. The van der Waals surface area contributed by atoms with Gasteiger partial charge in [0.1, 0.15) is 12.6 Å². The van der Waals surface area contributed by atoms with Crippen LogP contribution in [-0.2, 0) is 26.0 Å². The van der Waals surface area contributed by atoms with E-state index in [0.717, 1.165) is 22.2 Å². The van der Waals surface area contributed by atoms with Gasteiger partial charge in [-0.2, -0.15) is 0 Å². The molecule has 1 N–H and O–H groups in total. The maximum atomic E-state index is 13.5. The Morgan fingerprint density at radius 1 is 1.09 bits per heavy atom. The van der Waals surface area contributed by atoms with E-state index in [0.29, 0.717) is 12.8 Å². The molecular weight excluding hydrogens is 472 g/mol. The van der Waals surface area contributed by atoms with Crippen molar-refractivity contribution in [3.05, 3.63) is 70.3 Å². The maximum Gasteiger partial charge on any atom is 0.271 e. The number of hydrogen-bond acceptors (Lipinski definition) is 6. The van der Waals surface area contributed by atoms with E-state index in [1.54, 1.807) is 6.92 Å². The molecule has 0 aliphatic carbocycles. The molecule has 1 atom stereocenters. The molecule has 0 fully saturated rings. The molecule has 2 aromatic rings. The summed E-state index contributed by atoms with van der Waals surface area (Å²) in [7, 11) is -3.97. The van der Waals surface area contributed by atoms with Crippen molar-refractivity contribution in [3.8, 4) is 0 Å². The number of benzene rings is 2. The average Bonchev–Trinajstić information content (AvgIpc) is 2.79. The smallest absolute Gasteiger partial charge is 0.271 e. The topological polar surface area (TPSA) is 130 Å². The highest BCUT2D eigenvalue weighted by Crippen LogP contribution is 2.23. The third kappa shape index (κ3) is 8.06. The van der Waals surface area contributed by atoms with Gasteiger partial charge in [0.2, 0.25) is 21.8 Å². The van der Waals surface area contributed by atoms with Gasteiger partial charge in [0.05, 0.1) is 16.9 Å². The number of nitrogens with zero attached hydrogens (tertiary/aromatic N) is 3. The lowest BCUT2D eigenvalue weighted by Gasteiger charge is -2.33. The second kappa shape index (κ2) is 12.3. The quantitative estimate of drug-likeness (QED) is 0.349. The summed E-state index contributed by atoms with van der Waals surface area (Å²) in [6.45, 7) is 5.00. The first-order valence-corrected chi connectivity index (χ1v) is 13.1. The number of anilines is 1. The second-order valence-corrected chi connectivity index (χ2v) is 10.4. The van der Waals surface area contributed by atoms with Crippen molar-refractivity contribution in [3.63, 3.8) is 0 Å². The fraction of sp³-hybridized carbons (Fsp3) is 0.417. The molecule has 2 rings (SSSR count). The third-order valence-electron chi connectivity index (χ3n) is 5.31. The highest BCUT2D eigenvalue weighted by Gasteiger charge is 2.32. The van der Waals surface area contributed by atoms with Gasteiger partial charge in [-0.1, -0.05) is 43.3 Å². The van der Waals surface area contributed by atoms with Crippen LogP contribution in [0.1, 0.15) is 32.8 Å². The van der Waals surface area contributed by atoms with Crippen LogP contribution in [0.3, 0.4) is 0 Å². The highest BCUT2D eigenvalue weighted by molar-refractivity contribution is 7.92. The first-order valence-electron chi connectivity index (χ1n) is 11.3. The fourth-order valence-electron chi connectivity index (χ4n) is 3.65. The minimum atomic E-state index is -3.97. The van der Waals surface area contributed by atoms with Crippen LogP contribution >= 0.6 is 0 Å². The van der Waals surface area contributed by atoms with Crippen LogP contribution in [0.4, 0.5) is 11.4 Å². The molecule has 0 saturated carbocycles. The van der Waals surface area contributed by atoms with Crippen LogP contribution in [0, 0.1) is 10.1 Å². The van der Waals surface area contributed by atoms with Crippen molar-refractivity contribution in [1.29, 1.82) is 0 Å². The largest absolute Gasteiger partial charge is 0.352 e. The lowest BCUT2D eigenvalue weighted by Crippen LogP contribution is -2.54. The van der Waals surface area contributed by atoms with E-state index >= 15 is 0 Å². The summed E-state index contributed by atoms with van der Waals surface area (Å²) in [6, 6.07) is 13.6. The molecule has 190 valence electrons. The van der Waals surface area contributed by atoms with Crippen molar-refractivity contribution in [2.45, 2.75) is 45.7 Å². The normalized spacial score (nSPS) is 12.1. The molecular formula is C24H32N4O6S. The number of non-ortho nitro benzene ring substituents is 1. The van der Waals surface area contributed by atoms with E-state index in [9.17, 15) is 28.1 Å². The van der Waals surface area contributed by atoms with E-state index in [4.69, 9.17) is 0 Å². The Morgan fingerprint density at radius 2 is 1.74 bits per heavy atom. The SMILES string of the molecule is CC[C@@H](C(=O)NC(C)C)N(CCc1ccccc1)C(=O)CN(c1cccc([N+](=O)[O-])c1)S(C)(=O)=O. The lowest BCUT2D eigenvalue weighted by atomic mass is 10.1. The monoisotopic (exact) mass is 504 g/mol. The van der Waals surface area contributed by atoms with Gasteiger partial charge in [-0.15, -0.1) is 0 Å². The number of sulfonamides is 1. The standard InChI is InChI=1S/C24H32N4O6S/c1-5-22(24(30)25-18(2)3)26(15-14-19-10-7-6-8-11-19)23(29)17-27(35(4,33)34)20-12-9-13-21(16-20)28(31)32/h6-13,16,18,22H,5,14-15,17H2,1-4H3,(H,25,30)/t22-/m0/s1. The molecule has 0 aromatic heterocycles. The number of carbonyl (C=O) groups is 2. The lowest BCUT2D eigenvalue weighted by molar-refractivity contribution is -0.384. The second-order valence-electron chi connectivity index (χ2n) is 8.46. The molecule has 0 spiro atoms. The van der Waals surface area contributed by atoms with Crippen LogP contribution in [0.25, 0.3) is 0 Å². The van der Waals surface area contributed by atoms with Crippen LogP contribution < -0.4 is 9.62 Å². The van der Waals surface area contributed by atoms with Gasteiger partial charge in [-0.05, 0) is 38.3 Å². The number of amides is 2. The number of carbonyl (C=O) groups excluding carboxylic acids is 2. The minimum Gasteiger partial charge on any atom is -0.352 e. The molecule has 35 heavy (non-hydrogen) atoms. The van der Waals surface area contributed by atoms with E-state index in [1.807, 2.05) is 44.2 Å². The van der Waals surface area contributed by atoms with E-state index in [-0.39, 0.29) is 29.9 Å². The van der Waals surface area contributed by atoms with E-state index in [1.165, 1.54) is 23.1 Å². The summed E-state index contributed by atoms with van der Waals surface area (Å²) in [6.07, 6.45) is 1.72. The Labute approximate surface area is 206 Å². The van der Waals surface area contributed by atoms with Gasteiger partial charge in [0, 0.05) is 24.7 Å². The first-order chi connectivity index (χ1) is 16.4. The molecule has 0 aliphatic heterocycles. The van der Waals surface area contributed by atoms with Crippen LogP contribution in [-0.4, -0.2) is 61.5 Å². The van der Waals surface area contributed by atoms with Gasteiger partial charge < -0.3 is 10.2 Å². The zero-order chi connectivity index (χ0) is 26.2. The number of nitro groups is 1. The Kier molecular flexibility index (Phi) is 9.76. The van der Waals surface area contributed by atoms with Crippen molar-refractivity contribution in [1.82, 2.24) is 10.2 Å². The Hall–Kier alpha value is -3.47. The van der Waals surface area contributed by atoms with E-state index < -0.39 is 33.4 Å². The summed E-state index contributed by atoms with van der Waals surface area (Å²) < 4.78 is 26.0.